The quantitative estimate of drug-likeness (QED) is 0.875. The lowest BCUT2D eigenvalue weighted by molar-refractivity contribution is -0.116. The lowest BCUT2D eigenvalue weighted by Crippen LogP contribution is -2.23. The molecule has 1 amide bonds. The molecule has 0 bridgehead atoms. The van der Waals surface area contributed by atoms with Crippen LogP contribution in [0.4, 0.5) is 5.69 Å². The summed E-state index contributed by atoms with van der Waals surface area (Å²) in [6.07, 6.45) is 4.76. The normalized spacial score (nSPS) is 15.0. The molecular formula is C19H24N4O2. The number of hydrogen-bond donors (Lipinski definition) is 1. The molecule has 0 spiro atoms. The molecule has 1 aromatic carbocycles. The van der Waals surface area contributed by atoms with Gasteiger partial charge in [0.2, 0.25) is 11.8 Å². The highest BCUT2D eigenvalue weighted by molar-refractivity contribution is 5.90. The van der Waals surface area contributed by atoms with Crippen molar-refractivity contribution in [2.45, 2.75) is 32.6 Å². The average molecular weight is 340 g/mol. The van der Waals surface area contributed by atoms with E-state index in [1.165, 1.54) is 5.56 Å². The van der Waals surface area contributed by atoms with E-state index in [1.54, 1.807) is 0 Å². The minimum absolute atomic E-state index is 0.0495. The number of carbonyl (C=O) groups excluding carboxylic acids is 1. The van der Waals surface area contributed by atoms with Crippen LogP contribution >= 0.6 is 0 Å². The van der Waals surface area contributed by atoms with Crippen LogP contribution in [0.5, 0.6) is 0 Å². The van der Waals surface area contributed by atoms with Crippen LogP contribution < -0.4 is 5.32 Å². The maximum absolute atomic E-state index is 12.1. The fourth-order valence-corrected chi connectivity index (χ4v) is 2.77. The average Bonchev–Trinajstić information content (AvgIpc) is 3.10. The molecule has 132 valence electrons. The molecule has 6 nitrogen and oxygen atoms in total. The first-order chi connectivity index (χ1) is 12.1. The summed E-state index contributed by atoms with van der Waals surface area (Å²) in [5.74, 6) is 1.11. The first kappa shape index (κ1) is 17.4. The van der Waals surface area contributed by atoms with E-state index in [-0.39, 0.29) is 5.91 Å². The molecule has 6 heteroatoms. The van der Waals surface area contributed by atoms with Gasteiger partial charge in [-0.05, 0) is 43.2 Å². The van der Waals surface area contributed by atoms with Gasteiger partial charge in [0, 0.05) is 31.6 Å². The summed E-state index contributed by atoms with van der Waals surface area (Å²) in [6.45, 7) is 3.99. The third-order valence-electron chi connectivity index (χ3n) is 4.35. The van der Waals surface area contributed by atoms with E-state index in [0.29, 0.717) is 24.6 Å². The van der Waals surface area contributed by atoms with Crippen LogP contribution in [0.2, 0.25) is 0 Å². The van der Waals surface area contributed by atoms with E-state index in [2.05, 4.69) is 40.4 Å². The summed E-state index contributed by atoms with van der Waals surface area (Å²) in [4.78, 5) is 18.8. The van der Waals surface area contributed by atoms with Crippen molar-refractivity contribution < 1.29 is 9.32 Å². The maximum Gasteiger partial charge on any atom is 0.227 e. The molecule has 2 aromatic rings. The first-order valence-corrected chi connectivity index (χ1v) is 8.73. The largest absolute Gasteiger partial charge is 0.339 e. The number of nitrogens with one attached hydrogen (secondary N) is 1. The first-order valence-electron chi connectivity index (χ1n) is 8.73. The summed E-state index contributed by atoms with van der Waals surface area (Å²) in [5.41, 5.74) is 3.15. The van der Waals surface area contributed by atoms with Gasteiger partial charge in [0.1, 0.15) is 0 Å². The van der Waals surface area contributed by atoms with Gasteiger partial charge in [0.05, 0.1) is 0 Å². The molecule has 1 aliphatic rings. The molecule has 25 heavy (non-hydrogen) atoms. The Hall–Kier alpha value is -2.47. The Morgan fingerprint density at radius 1 is 1.40 bits per heavy atom. The van der Waals surface area contributed by atoms with Gasteiger partial charge >= 0.3 is 0 Å². The Balaban J connectivity index is 1.52. The van der Waals surface area contributed by atoms with Gasteiger partial charge in [-0.1, -0.05) is 30.3 Å². The van der Waals surface area contributed by atoms with Gasteiger partial charge in [0.15, 0.2) is 5.82 Å². The molecule has 1 aromatic heterocycles. The highest BCUT2D eigenvalue weighted by Crippen LogP contribution is 2.19. The maximum atomic E-state index is 12.1. The van der Waals surface area contributed by atoms with E-state index in [0.717, 1.165) is 37.2 Å². The van der Waals surface area contributed by atoms with Gasteiger partial charge in [-0.15, -0.1) is 0 Å². The Kier molecular flexibility index (Phi) is 5.60. The number of nitrogens with zero attached hydrogens (tertiary/aromatic N) is 3. The smallest absolute Gasteiger partial charge is 0.227 e. The van der Waals surface area contributed by atoms with Crippen LogP contribution in [0.1, 0.15) is 37.0 Å². The number of aromatic nitrogens is 2. The Labute approximate surface area is 147 Å². The second kappa shape index (κ2) is 8.07. The van der Waals surface area contributed by atoms with Crippen molar-refractivity contribution in [2.24, 2.45) is 0 Å². The predicted molar refractivity (Wildman–Crippen MR) is 97.2 cm³/mol. The van der Waals surface area contributed by atoms with Crippen LogP contribution in [-0.2, 0) is 17.6 Å². The highest BCUT2D eigenvalue weighted by atomic mass is 16.5. The third kappa shape index (κ3) is 4.76. The second-order valence-corrected chi connectivity index (χ2v) is 6.36. The number of hydrogen-bond acceptors (Lipinski definition) is 5. The lowest BCUT2D eigenvalue weighted by atomic mass is 10.1. The van der Waals surface area contributed by atoms with Crippen LogP contribution in [-0.4, -0.2) is 41.1 Å². The highest BCUT2D eigenvalue weighted by Gasteiger charge is 2.16. The fourth-order valence-electron chi connectivity index (χ4n) is 2.77. The van der Waals surface area contributed by atoms with Gasteiger partial charge in [-0.25, -0.2) is 0 Å². The van der Waals surface area contributed by atoms with Gasteiger partial charge in [-0.2, -0.15) is 4.98 Å². The zero-order valence-electron chi connectivity index (χ0n) is 14.8. The number of likely N-dealkylation sites (N-methyl/N-ethyl adjacent to an activating group) is 1. The Bertz CT molecular complexity index is 766. The third-order valence-corrected chi connectivity index (χ3v) is 4.35. The van der Waals surface area contributed by atoms with Gasteiger partial charge in [0.25, 0.3) is 0 Å². The van der Waals surface area contributed by atoms with Crippen LogP contribution in [0.15, 0.2) is 34.9 Å². The van der Waals surface area contributed by atoms with Gasteiger partial charge in [-0.3, -0.25) is 4.79 Å². The number of benzene rings is 1. The van der Waals surface area contributed by atoms with E-state index in [9.17, 15) is 4.79 Å². The monoisotopic (exact) mass is 340 g/mol. The van der Waals surface area contributed by atoms with Crippen molar-refractivity contribution in [2.75, 3.05) is 25.5 Å². The van der Waals surface area contributed by atoms with Crippen molar-refractivity contribution in [3.63, 3.8) is 0 Å². The molecule has 3 rings (SSSR count). The molecule has 0 saturated heterocycles. The number of carbonyl (C=O) groups is 1. The van der Waals surface area contributed by atoms with Crippen LogP contribution in [0.25, 0.3) is 5.57 Å². The van der Waals surface area contributed by atoms with Crippen molar-refractivity contribution in [1.82, 2.24) is 15.0 Å². The molecular weight excluding hydrogens is 316 g/mol. The second-order valence-electron chi connectivity index (χ2n) is 6.36. The fraction of sp³-hybridized carbons (Fsp3) is 0.421. The molecule has 0 aliphatic carbocycles. The van der Waals surface area contributed by atoms with Crippen LogP contribution in [0, 0.1) is 0 Å². The Morgan fingerprint density at radius 2 is 2.28 bits per heavy atom. The molecule has 0 unspecified atom stereocenters. The molecule has 0 fully saturated rings. The zero-order valence-corrected chi connectivity index (χ0v) is 14.8. The SMILES string of the molecule is CCc1cccc(NC(=O)CCc2nc(C3=CCN(C)CC3)no2)c1. The lowest BCUT2D eigenvalue weighted by Gasteiger charge is -2.19. The van der Waals surface area contributed by atoms with Crippen molar-refractivity contribution >= 4 is 17.2 Å². The summed E-state index contributed by atoms with van der Waals surface area (Å²) in [7, 11) is 2.09. The zero-order chi connectivity index (χ0) is 17.6. The minimum Gasteiger partial charge on any atom is -0.339 e. The molecule has 0 radical (unpaired) electrons. The van der Waals surface area contributed by atoms with E-state index in [1.807, 2.05) is 24.3 Å². The van der Waals surface area contributed by atoms with Crippen molar-refractivity contribution in [3.05, 3.63) is 47.6 Å². The van der Waals surface area contributed by atoms with Crippen LogP contribution in [0.3, 0.4) is 0 Å². The Morgan fingerprint density at radius 3 is 3.04 bits per heavy atom. The summed E-state index contributed by atoms with van der Waals surface area (Å²) < 4.78 is 5.29. The molecule has 0 saturated carbocycles. The molecule has 0 atom stereocenters. The van der Waals surface area contributed by atoms with E-state index < -0.39 is 0 Å². The number of amides is 1. The molecule has 2 heterocycles. The van der Waals surface area contributed by atoms with Crippen molar-refractivity contribution in [3.8, 4) is 0 Å². The summed E-state index contributed by atoms with van der Waals surface area (Å²) in [5, 5.41) is 6.96. The predicted octanol–water partition coefficient (Wildman–Crippen LogP) is 2.92. The standard InChI is InChI=1S/C19H24N4O2/c1-3-14-5-4-6-16(13-14)20-17(24)7-8-18-21-19(22-25-18)15-9-11-23(2)12-10-15/h4-6,9,13H,3,7-8,10-12H2,1-2H3,(H,20,24). The number of anilines is 1. The van der Waals surface area contributed by atoms with E-state index >= 15 is 0 Å². The molecule has 1 aliphatic heterocycles. The summed E-state index contributed by atoms with van der Waals surface area (Å²) >= 11 is 0. The van der Waals surface area contributed by atoms with E-state index in [4.69, 9.17) is 4.52 Å². The topological polar surface area (TPSA) is 71.3 Å². The number of aryl methyl sites for hydroxylation is 2. The molecule has 1 N–H and O–H groups in total. The summed E-state index contributed by atoms with van der Waals surface area (Å²) in [6, 6.07) is 7.89. The minimum atomic E-state index is -0.0495. The van der Waals surface area contributed by atoms with Crippen molar-refractivity contribution in [1.29, 1.82) is 0 Å². The van der Waals surface area contributed by atoms with Gasteiger partial charge < -0.3 is 14.7 Å². The number of rotatable bonds is 6.